The highest BCUT2D eigenvalue weighted by Gasteiger charge is 2.13. The fraction of sp³-hybridized carbons (Fsp3) is 0.154. The van der Waals surface area contributed by atoms with Gasteiger partial charge in [0, 0.05) is 12.6 Å². The fourth-order valence-electron chi connectivity index (χ4n) is 2.01. The maximum Gasteiger partial charge on any atom is 0.162 e. The largest absolute Gasteiger partial charge is 0.497 e. The van der Waals surface area contributed by atoms with Crippen molar-refractivity contribution in [3.05, 3.63) is 35.6 Å². The van der Waals surface area contributed by atoms with Crippen molar-refractivity contribution in [1.82, 2.24) is 20.0 Å². The van der Waals surface area contributed by atoms with Crippen LogP contribution in [0.15, 0.2) is 30.5 Å². The lowest BCUT2D eigenvalue weighted by Gasteiger charge is -2.05. The number of hydrogen-bond donors (Lipinski definition) is 0. The van der Waals surface area contributed by atoms with Crippen LogP contribution in [-0.2, 0) is 7.05 Å². The van der Waals surface area contributed by atoms with Crippen LogP contribution in [0.3, 0.4) is 0 Å². The second kappa shape index (κ2) is 4.51. The van der Waals surface area contributed by atoms with E-state index in [1.807, 2.05) is 31.3 Å². The summed E-state index contributed by atoms with van der Waals surface area (Å²) in [4.78, 5) is 0. The topological polar surface area (TPSA) is 52.8 Å². The van der Waals surface area contributed by atoms with Crippen molar-refractivity contribution in [3.8, 4) is 17.0 Å². The van der Waals surface area contributed by atoms with Gasteiger partial charge in [0.05, 0.1) is 24.2 Å². The van der Waals surface area contributed by atoms with E-state index in [0.717, 1.165) is 27.9 Å². The van der Waals surface area contributed by atoms with Gasteiger partial charge in [-0.3, -0.25) is 4.68 Å². The van der Waals surface area contributed by atoms with Crippen LogP contribution in [-0.4, -0.2) is 27.1 Å². The van der Waals surface area contributed by atoms with Gasteiger partial charge in [0.15, 0.2) is 5.15 Å². The van der Waals surface area contributed by atoms with Gasteiger partial charge in [0.1, 0.15) is 11.4 Å². The summed E-state index contributed by atoms with van der Waals surface area (Å²) < 4.78 is 6.89. The van der Waals surface area contributed by atoms with E-state index in [4.69, 9.17) is 16.3 Å². The standard InChI is InChI=1S/C13H11ClN4O/c1-18-12-10(7-15-18)13(14)17-16-11(12)8-3-5-9(19-2)6-4-8/h3-7H,1-2H3. The molecule has 0 unspecified atom stereocenters. The molecule has 2 heterocycles. The van der Waals surface area contributed by atoms with Crippen molar-refractivity contribution in [1.29, 1.82) is 0 Å². The number of aryl methyl sites for hydroxylation is 1. The van der Waals surface area contributed by atoms with Crippen LogP contribution in [0.2, 0.25) is 5.15 Å². The van der Waals surface area contributed by atoms with E-state index >= 15 is 0 Å². The van der Waals surface area contributed by atoms with Crippen molar-refractivity contribution < 1.29 is 4.74 Å². The first-order chi connectivity index (χ1) is 9.20. The van der Waals surface area contributed by atoms with Crippen LogP contribution in [0.4, 0.5) is 0 Å². The fourth-order valence-corrected chi connectivity index (χ4v) is 2.18. The molecule has 5 nitrogen and oxygen atoms in total. The summed E-state index contributed by atoms with van der Waals surface area (Å²) in [6, 6.07) is 7.63. The molecule has 0 radical (unpaired) electrons. The average Bonchev–Trinajstić information content (AvgIpc) is 2.83. The summed E-state index contributed by atoms with van der Waals surface area (Å²) in [5.41, 5.74) is 2.56. The van der Waals surface area contributed by atoms with Crippen LogP contribution < -0.4 is 4.74 Å². The summed E-state index contributed by atoms with van der Waals surface area (Å²) in [6.45, 7) is 0. The van der Waals surface area contributed by atoms with Gasteiger partial charge in [0.25, 0.3) is 0 Å². The predicted molar refractivity (Wildman–Crippen MR) is 73.3 cm³/mol. The third-order valence-corrected chi connectivity index (χ3v) is 3.27. The number of benzene rings is 1. The normalized spacial score (nSPS) is 10.9. The number of methoxy groups -OCH3 is 1. The Kier molecular flexibility index (Phi) is 2.83. The summed E-state index contributed by atoms with van der Waals surface area (Å²) in [7, 11) is 3.49. The van der Waals surface area contributed by atoms with E-state index in [1.165, 1.54) is 0 Å². The predicted octanol–water partition coefficient (Wildman–Crippen LogP) is 2.69. The summed E-state index contributed by atoms with van der Waals surface area (Å²) in [5.74, 6) is 0.798. The van der Waals surface area contributed by atoms with E-state index in [1.54, 1.807) is 18.0 Å². The van der Waals surface area contributed by atoms with Crippen LogP contribution in [0.25, 0.3) is 22.2 Å². The van der Waals surface area contributed by atoms with E-state index in [9.17, 15) is 0 Å². The number of fused-ring (bicyclic) bond motifs is 1. The third-order valence-electron chi connectivity index (χ3n) is 2.99. The molecule has 96 valence electrons. The lowest BCUT2D eigenvalue weighted by molar-refractivity contribution is 0.415. The Bertz CT molecular complexity index is 736. The minimum atomic E-state index is 0.361. The molecule has 3 aromatic rings. The number of aromatic nitrogens is 4. The minimum absolute atomic E-state index is 0.361. The van der Waals surface area contributed by atoms with Gasteiger partial charge in [-0.15, -0.1) is 10.2 Å². The Morgan fingerprint density at radius 3 is 2.58 bits per heavy atom. The molecule has 0 bridgehead atoms. The van der Waals surface area contributed by atoms with Crippen LogP contribution >= 0.6 is 11.6 Å². The van der Waals surface area contributed by atoms with Gasteiger partial charge in [0.2, 0.25) is 0 Å². The van der Waals surface area contributed by atoms with Crippen LogP contribution in [0.1, 0.15) is 0 Å². The molecule has 0 saturated heterocycles. The van der Waals surface area contributed by atoms with Crippen molar-refractivity contribution in [2.75, 3.05) is 7.11 Å². The van der Waals surface area contributed by atoms with Gasteiger partial charge < -0.3 is 4.74 Å². The zero-order valence-corrected chi connectivity index (χ0v) is 11.2. The monoisotopic (exact) mass is 274 g/mol. The zero-order chi connectivity index (χ0) is 13.4. The summed E-state index contributed by atoms with van der Waals surface area (Å²) >= 11 is 6.03. The number of ether oxygens (including phenoxy) is 1. The lowest BCUT2D eigenvalue weighted by atomic mass is 10.1. The molecule has 0 saturated carbocycles. The quantitative estimate of drug-likeness (QED) is 0.721. The number of nitrogens with zero attached hydrogens (tertiary/aromatic N) is 4. The molecular formula is C13H11ClN4O. The van der Waals surface area contributed by atoms with Crippen molar-refractivity contribution >= 4 is 22.5 Å². The average molecular weight is 275 g/mol. The highest BCUT2D eigenvalue weighted by atomic mass is 35.5. The molecule has 0 aliphatic rings. The Balaban J connectivity index is 2.24. The molecule has 6 heteroatoms. The Hall–Kier alpha value is -2.14. The number of halogens is 1. The molecule has 0 atom stereocenters. The Morgan fingerprint density at radius 2 is 1.89 bits per heavy atom. The van der Waals surface area contributed by atoms with Crippen molar-refractivity contribution in [2.24, 2.45) is 7.05 Å². The highest BCUT2D eigenvalue weighted by Crippen LogP contribution is 2.29. The van der Waals surface area contributed by atoms with E-state index < -0.39 is 0 Å². The minimum Gasteiger partial charge on any atom is -0.497 e. The van der Waals surface area contributed by atoms with E-state index in [-0.39, 0.29) is 0 Å². The molecular weight excluding hydrogens is 264 g/mol. The van der Waals surface area contributed by atoms with Crippen molar-refractivity contribution in [3.63, 3.8) is 0 Å². The highest BCUT2D eigenvalue weighted by molar-refractivity contribution is 6.34. The van der Waals surface area contributed by atoms with Gasteiger partial charge in [-0.2, -0.15) is 5.10 Å². The Morgan fingerprint density at radius 1 is 1.16 bits per heavy atom. The summed E-state index contributed by atoms with van der Waals surface area (Å²) in [5, 5.41) is 13.5. The van der Waals surface area contributed by atoms with Gasteiger partial charge in [-0.25, -0.2) is 0 Å². The van der Waals surface area contributed by atoms with Gasteiger partial charge in [-0.1, -0.05) is 11.6 Å². The molecule has 1 aromatic carbocycles. The van der Waals surface area contributed by atoms with Gasteiger partial charge >= 0.3 is 0 Å². The lowest BCUT2D eigenvalue weighted by Crippen LogP contribution is -1.96. The second-order valence-electron chi connectivity index (χ2n) is 4.10. The van der Waals surface area contributed by atoms with Crippen LogP contribution in [0, 0.1) is 0 Å². The SMILES string of the molecule is COc1ccc(-c2nnc(Cl)c3cnn(C)c23)cc1. The molecule has 0 amide bonds. The molecule has 0 spiro atoms. The molecule has 0 aliphatic heterocycles. The first kappa shape index (κ1) is 11.9. The number of rotatable bonds is 2. The van der Waals surface area contributed by atoms with Gasteiger partial charge in [-0.05, 0) is 24.3 Å². The zero-order valence-electron chi connectivity index (χ0n) is 10.5. The second-order valence-corrected chi connectivity index (χ2v) is 4.46. The van der Waals surface area contributed by atoms with E-state index in [0.29, 0.717) is 5.15 Å². The molecule has 0 N–H and O–H groups in total. The Labute approximate surface area is 114 Å². The molecule has 19 heavy (non-hydrogen) atoms. The maximum absolute atomic E-state index is 6.03. The molecule has 0 aliphatic carbocycles. The molecule has 3 rings (SSSR count). The third kappa shape index (κ3) is 1.92. The number of hydrogen-bond acceptors (Lipinski definition) is 4. The summed E-state index contributed by atoms with van der Waals surface area (Å²) in [6.07, 6.45) is 1.69. The first-order valence-corrected chi connectivity index (χ1v) is 6.07. The van der Waals surface area contributed by atoms with Crippen LogP contribution in [0.5, 0.6) is 5.75 Å². The molecule has 2 aromatic heterocycles. The molecule has 0 fully saturated rings. The van der Waals surface area contributed by atoms with E-state index in [2.05, 4.69) is 15.3 Å². The first-order valence-electron chi connectivity index (χ1n) is 5.69. The smallest absolute Gasteiger partial charge is 0.162 e. The maximum atomic E-state index is 6.03. The van der Waals surface area contributed by atoms with Crippen molar-refractivity contribution in [2.45, 2.75) is 0 Å².